The second-order valence-electron chi connectivity index (χ2n) is 11.2. The number of rotatable bonds is 4. The fourth-order valence-electron chi connectivity index (χ4n) is 6.02. The van der Waals surface area contributed by atoms with Crippen LogP contribution in [0.25, 0.3) is 0 Å². The monoisotopic (exact) mass is 531 g/mol. The minimum Gasteiger partial charge on any atom is -0.487 e. The van der Waals surface area contributed by atoms with E-state index in [9.17, 15) is 22.8 Å². The summed E-state index contributed by atoms with van der Waals surface area (Å²) in [7, 11) is 0. The maximum atomic E-state index is 13.2. The molecule has 1 amide bonds. The molecule has 0 N–H and O–H groups in total. The summed E-state index contributed by atoms with van der Waals surface area (Å²) >= 11 is 0. The van der Waals surface area contributed by atoms with Crippen molar-refractivity contribution >= 4 is 11.9 Å². The number of nitrogens with zero attached hydrogens (tertiary/aromatic N) is 3. The highest BCUT2D eigenvalue weighted by Crippen LogP contribution is 2.45. The number of pyridine rings is 1. The minimum absolute atomic E-state index is 0.133. The molecule has 0 saturated carbocycles. The summed E-state index contributed by atoms with van der Waals surface area (Å²) < 4.78 is 50.9. The van der Waals surface area contributed by atoms with E-state index in [1.165, 1.54) is 0 Å². The number of ether oxygens (including phenoxy) is 2. The Morgan fingerprint density at radius 3 is 2.45 bits per heavy atom. The van der Waals surface area contributed by atoms with E-state index in [1.54, 1.807) is 29.4 Å². The number of likely N-dealkylation sites (tertiary alicyclic amines) is 2. The van der Waals surface area contributed by atoms with Crippen molar-refractivity contribution < 1.29 is 32.2 Å². The largest absolute Gasteiger partial charge is 0.490 e. The third-order valence-electron chi connectivity index (χ3n) is 8.10. The van der Waals surface area contributed by atoms with Gasteiger partial charge in [-0.05, 0) is 63.4 Å². The van der Waals surface area contributed by atoms with Crippen molar-refractivity contribution in [2.45, 2.75) is 64.0 Å². The Morgan fingerprint density at radius 2 is 1.76 bits per heavy atom. The van der Waals surface area contributed by atoms with E-state index in [1.807, 2.05) is 32.0 Å². The van der Waals surface area contributed by atoms with Crippen LogP contribution in [0.15, 0.2) is 42.7 Å². The Hall–Kier alpha value is -3.14. The normalized spacial score (nSPS) is 22.6. The molecule has 1 atom stereocenters. The molecule has 0 aliphatic carbocycles. The van der Waals surface area contributed by atoms with Gasteiger partial charge in [0.05, 0.1) is 0 Å². The minimum atomic E-state index is -5.06. The van der Waals surface area contributed by atoms with Crippen molar-refractivity contribution in [3.05, 3.63) is 59.4 Å². The Bertz CT molecular complexity index is 1190. The Morgan fingerprint density at radius 1 is 1.08 bits per heavy atom. The number of hydrogen-bond acceptors (Lipinski definition) is 6. The highest BCUT2D eigenvalue weighted by Gasteiger charge is 2.51. The second kappa shape index (κ2) is 9.87. The van der Waals surface area contributed by atoms with Gasteiger partial charge in [0, 0.05) is 61.5 Å². The lowest BCUT2D eigenvalue weighted by molar-refractivity contribution is -0.216. The topological polar surface area (TPSA) is 72.0 Å². The molecule has 1 unspecified atom stereocenters. The number of aromatic nitrogens is 1. The van der Waals surface area contributed by atoms with Crippen molar-refractivity contribution in [3.63, 3.8) is 0 Å². The van der Waals surface area contributed by atoms with Gasteiger partial charge in [0.2, 0.25) is 0 Å². The van der Waals surface area contributed by atoms with Crippen LogP contribution in [0, 0.1) is 5.41 Å². The summed E-state index contributed by atoms with van der Waals surface area (Å²) in [5.74, 6) is -1.45. The lowest BCUT2D eigenvalue weighted by Gasteiger charge is -2.51. The summed E-state index contributed by atoms with van der Waals surface area (Å²) in [6, 6.07) is 9.18. The molecule has 3 aliphatic rings. The smallest absolute Gasteiger partial charge is 0.487 e. The van der Waals surface area contributed by atoms with Crippen molar-refractivity contribution in [1.82, 2.24) is 14.8 Å². The summed E-state index contributed by atoms with van der Waals surface area (Å²) in [5.41, 5.74) is 1.79. The molecule has 5 rings (SSSR count). The van der Waals surface area contributed by atoms with Gasteiger partial charge < -0.3 is 14.4 Å². The fourth-order valence-corrected chi connectivity index (χ4v) is 6.02. The van der Waals surface area contributed by atoms with Crippen molar-refractivity contribution in [1.29, 1.82) is 0 Å². The molecular weight excluding hydrogens is 499 g/mol. The predicted octanol–water partition coefficient (Wildman–Crippen LogP) is 4.40. The van der Waals surface area contributed by atoms with E-state index in [4.69, 9.17) is 9.47 Å². The van der Waals surface area contributed by atoms with Gasteiger partial charge in [-0.3, -0.25) is 14.7 Å². The van der Waals surface area contributed by atoms with E-state index >= 15 is 0 Å². The van der Waals surface area contributed by atoms with E-state index in [0.29, 0.717) is 51.0 Å². The number of benzene rings is 1. The van der Waals surface area contributed by atoms with Crippen LogP contribution in [0.1, 0.15) is 54.6 Å². The summed E-state index contributed by atoms with van der Waals surface area (Å²) in [6.07, 6.45) is -0.613. The molecule has 0 radical (unpaired) electrons. The Balaban J connectivity index is 1.31. The van der Waals surface area contributed by atoms with Crippen molar-refractivity contribution in [2.24, 2.45) is 5.41 Å². The number of amides is 1. The van der Waals surface area contributed by atoms with E-state index in [2.05, 4.69) is 9.88 Å². The molecule has 3 aliphatic heterocycles. The molecule has 38 heavy (non-hydrogen) atoms. The molecule has 1 aromatic carbocycles. The zero-order valence-electron chi connectivity index (χ0n) is 21.6. The Kier molecular flexibility index (Phi) is 6.87. The molecule has 0 bridgehead atoms. The number of hydrogen-bond donors (Lipinski definition) is 0. The molecule has 2 saturated heterocycles. The van der Waals surface area contributed by atoms with Gasteiger partial charge >= 0.3 is 12.1 Å². The van der Waals surface area contributed by atoms with Crippen LogP contribution in [-0.2, 0) is 22.5 Å². The number of carbonyl (C=O) groups excluding carboxylic acids is 2. The average Bonchev–Trinajstić information content (AvgIpc) is 3.21. The number of piperidine rings is 2. The van der Waals surface area contributed by atoms with Crippen LogP contribution in [0.3, 0.4) is 0 Å². The zero-order valence-corrected chi connectivity index (χ0v) is 21.6. The van der Waals surface area contributed by atoms with Crippen LogP contribution < -0.4 is 4.74 Å². The van der Waals surface area contributed by atoms with Crippen LogP contribution in [0.4, 0.5) is 13.2 Å². The fraction of sp³-hybridized carbons (Fsp3) is 0.536. The summed E-state index contributed by atoms with van der Waals surface area (Å²) in [6.45, 7) is 6.23. The highest BCUT2D eigenvalue weighted by atomic mass is 19.4. The molecule has 204 valence electrons. The van der Waals surface area contributed by atoms with Gasteiger partial charge in [0.25, 0.3) is 5.91 Å². The number of halogens is 3. The van der Waals surface area contributed by atoms with Gasteiger partial charge in [-0.1, -0.05) is 12.1 Å². The highest BCUT2D eigenvalue weighted by molar-refractivity contribution is 5.94. The molecule has 1 spiro atoms. The first kappa shape index (κ1) is 26.5. The van der Waals surface area contributed by atoms with Crippen molar-refractivity contribution in [3.8, 4) is 5.75 Å². The van der Waals surface area contributed by atoms with Crippen molar-refractivity contribution in [2.75, 3.05) is 26.2 Å². The van der Waals surface area contributed by atoms with Crippen LogP contribution in [0.5, 0.6) is 5.75 Å². The molecule has 10 heteroatoms. The first-order chi connectivity index (χ1) is 18.0. The quantitative estimate of drug-likeness (QED) is 0.545. The zero-order chi connectivity index (χ0) is 27.1. The summed E-state index contributed by atoms with van der Waals surface area (Å²) in [5, 5.41) is 0. The number of fused-ring (bicyclic) bond motifs is 1. The molecular formula is C28H32F3N3O4. The van der Waals surface area contributed by atoms with E-state index in [0.717, 1.165) is 23.3 Å². The lowest BCUT2D eigenvalue weighted by atomic mass is 9.69. The molecule has 7 nitrogen and oxygen atoms in total. The van der Waals surface area contributed by atoms with Gasteiger partial charge in [-0.15, -0.1) is 0 Å². The van der Waals surface area contributed by atoms with Crippen LogP contribution in [0.2, 0.25) is 0 Å². The first-order valence-electron chi connectivity index (χ1n) is 13.0. The third kappa shape index (κ3) is 5.36. The van der Waals surface area contributed by atoms with E-state index < -0.39 is 23.7 Å². The summed E-state index contributed by atoms with van der Waals surface area (Å²) in [4.78, 5) is 32.6. The van der Waals surface area contributed by atoms with Crippen LogP contribution in [-0.4, -0.2) is 70.7 Å². The molecule has 1 aromatic heterocycles. The van der Waals surface area contributed by atoms with Crippen LogP contribution >= 0.6 is 0 Å². The van der Waals surface area contributed by atoms with E-state index in [-0.39, 0.29) is 18.1 Å². The predicted molar refractivity (Wildman–Crippen MR) is 132 cm³/mol. The average molecular weight is 532 g/mol. The first-order valence-corrected chi connectivity index (χ1v) is 13.0. The number of esters is 1. The number of alkyl halides is 3. The molecule has 2 fully saturated rings. The van der Waals surface area contributed by atoms with Gasteiger partial charge in [-0.2, -0.15) is 13.2 Å². The Labute approximate surface area is 219 Å². The maximum absolute atomic E-state index is 13.2. The van der Waals surface area contributed by atoms with Gasteiger partial charge in [0.1, 0.15) is 17.5 Å². The second-order valence-corrected chi connectivity index (χ2v) is 11.2. The van der Waals surface area contributed by atoms with Gasteiger partial charge in [0.15, 0.2) is 0 Å². The molecule has 2 aromatic rings. The number of carbonyl (C=O) groups is 2. The standard InChI is InChI=1S/C28H32F3N3O4/c1-26(2)16-21-20(4-3-5-22(21)38-26)17-33-13-8-27(23(18-33)37-25(36)28(29,30)31)9-14-34(15-10-27)24(35)19-6-11-32-12-7-19/h3-7,11-12,23H,8-10,13-18H2,1-2H3. The SMILES string of the molecule is CC1(C)Cc2c(CN3CCC4(CCN(C(=O)c5ccncc5)CC4)C(OC(=O)C(F)(F)F)C3)cccc2O1. The van der Waals surface area contributed by atoms with Gasteiger partial charge in [-0.25, -0.2) is 4.79 Å². The lowest BCUT2D eigenvalue weighted by Crippen LogP contribution is -2.57. The maximum Gasteiger partial charge on any atom is 0.490 e. The molecule has 4 heterocycles. The third-order valence-corrected chi connectivity index (χ3v) is 8.10.